The number of amides is 1. The molecule has 1 aromatic rings. The number of benzene rings is 1. The first-order chi connectivity index (χ1) is 10.1. The van der Waals surface area contributed by atoms with Crippen LogP contribution in [0.15, 0.2) is 24.3 Å². The molecule has 1 fully saturated rings. The molecule has 1 saturated carbocycles. The minimum atomic E-state index is 0.0272. The predicted molar refractivity (Wildman–Crippen MR) is 83.0 cm³/mol. The van der Waals surface area contributed by atoms with Crippen LogP contribution in [0.4, 0.5) is 0 Å². The maximum atomic E-state index is 12.0. The van der Waals surface area contributed by atoms with Crippen molar-refractivity contribution in [2.45, 2.75) is 25.4 Å². The van der Waals surface area contributed by atoms with Crippen molar-refractivity contribution in [1.29, 1.82) is 0 Å². The van der Waals surface area contributed by atoms with E-state index in [-0.39, 0.29) is 5.91 Å². The smallest absolute Gasteiger partial charge is 0.234 e. The van der Waals surface area contributed by atoms with Crippen molar-refractivity contribution in [3.8, 4) is 5.75 Å². The van der Waals surface area contributed by atoms with Crippen molar-refractivity contribution in [2.75, 3.05) is 27.2 Å². The normalized spacial score (nSPS) is 15.8. The number of rotatable bonds is 8. The summed E-state index contributed by atoms with van der Waals surface area (Å²) in [5.74, 6) is 1.50. The van der Waals surface area contributed by atoms with E-state index in [1.165, 1.54) is 12.8 Å². The number of nitrogens with zero attached hydrogens (tertiary/aromatic N) is 1. The Morgan fingerprint density at radius 2 is 2.29 bits per heavy atom. The molecule has 21 heavy (non-hydrogen) atoms. The fraction of sp³-hybridized carbons (Fsp3) is 0.562. The standard InChI is InChI=1S/C16H25N3O2/c1-19(15(9-17)13-6-7-13)11-16(20)18-10-12-4-3-5-14(8-12)21-2/h3-5,8,13,15H,6-7,9-11,17H2,1-2H3,(H,18,20). The second-order valence-electron chi connectivity index (χ2n) is 5.68. The summed E-state index contributed by atoms with van der Waals surface area (Å²) in [6.07, 6.45) is 2.47. The quantitative estimate of drug-likeness (QED) is 0.749. The zero-order valence-electron chi connectivity index (χ0n) is 12.8. The van der Waals surface area contributed by atoms with Gasteiger partial charge in [-0.05, 0) is 43.5 Å². The summed E-state index contributed by atoms with van der Waals surface area (Å²) < 4.78 is 5.17. The molecule has 0 saturated heterocycles. The molecule has 0 bridgehead atoms. The third-order valence-electron chi connectivity index (χ3n) is 3.99. The highest BCUT2D eigenvalue weighted by Crippen LogP contribution is 2.34. The van der Waals surface area contributed by atoms with Gasteiger partial charge in [0.2, 0.25) is 5.91 Å². The van der Waals surface area contributed by atoms with E-state index in [0.717, 1.165) is 11.3 Å². The van der Waals surface area contributed by atoms with E-state index in [1.54, 1.807) is 7.11 Å². The Kier molecular flexibility index (Phi) is 5.59. The van der Waals surface area contributed by atoms with Gasteiger partial charge >= 0.3 is 0 Å². The summed E-state index contributed by atoms with van der Waals surface area (Å²) in [6, 6.07) is 8.04. The number of hydrogen-bond acceptors (Lipinski definition) is 4. The van der Waals surface area contributed by atoms with E-state index in [4.69, 9.17) is 10.5 Å². The molecule has 0 spiro atoms. The number of ether oxygens (including phenoxy) is 1. The molecular weight excluding hydrogens is 266 g/mol. The van der Waals surface area contributed by atoms with Gasteiger partial charge < -0.3 is 15.8 Å². The van der Waals surface area contributed by atoms with E-state index in [2.05, 4.69) is 10.2 Å². The lowest BCUT2D eigenvalue weighted by Gasteiger charge is -2.26. The van der Waals surface area contributed by atoms with Crippen LogP contribution in [-0.4, -0.2) is 44.1 Å². The number of nitrogens with one attached hydrogen (secondary N) is 1. The van der Waals surface area contributed by atoms with Crippen LogP contribution in [0.25, 0.3) is 0 Å². The molecule has 116 valence electrons. The summed E-state index contributed by atoms with van der Waals surface area (Å²) in [5, 5.41) is 2.94. The highest BCUT2D eigenvalue weighted by atomic mass is 16.5. The fourth-order valence-corrected chi connectivity index (χ4v) is 2.60. The van der Waals surface area contributed by atoms with Crippen molar-refractivity contribution in [2.24, 2.45) is 11.7 Å². The van der Waals surface area contributed by atoms with Gasteiger partial charge in [0.05, 0.1) is 13.7 Å². The zero-order valence-corrected chi connectivity index (χ0v) is 12.8. The third kappa shape index (κ3) is 4.72. The lowest BCUT2D eigenvalue weighted by atomic mass is 10.1. The summed E-state index contributed by atoms with van der Waals surface area (Å²) in [7, 11) is 3.61. The Hall–Kier alpha value is -1.59. The van der Waals surface area contributed by atoms with Gasteiger partial charge in [-0.1, -0.05) is 12.1 Å². The van der Waals surface area contributed by atoms with Crippen LogP contribution in [0.1, 0.15) is 18.4 Å². The van der Waals surface area contributed by atoms with Crippen molar-refractivity contribution >= 4 is 5.91 Å². The SMILES string of the molecule is COc1cccc(CNC(=O)CN(C)C(CN)C2CC2)c1. The second-order valence-corrected chi connectivity index (χ2v) is 5.68. The van der Waals surface area contributed by atoms with E-state index >= 15 is 0 Å². The number of carbonyl (C=O) groups is 1. The molecule has 1 atom stereocenters. The van der Waals surface area contributed by atoms with Crippen LogP contribution >= 0.6 is 0 Å². The van der Waals surface area contributed by atoms with E-state index in [1.807, 2.05) is 31.3 Å². The Morgan fingerprint density at radius 1 is 1.52 bits per heavy atom. The molecule has 1 amide bonds. The number of nitrogens with two attached hydrogens (primary N) is 1. The summed E-state index contributed by atoms with van der Waals surface area (Å²) in [5.41, 5.74) is 6.83. The number of hydrogen-bond donors (Lipinski definition) is 2. The highest BCUT2D eigenvalue weighted by Gasteiger charge is 2.33. The number of methoxy groups -OCH3 is 1. The molecule has 2 rings (SSSR count). The summed E-state index contributed by atoms with van der Waals surface area (Å²) in [6.45, 7) is 1.52. The molecule has 5 heteroatoms. The summed E-state index contributed by atoms with van der Waals surface area (Å²) in [4.78, 5) is 14.1. The van der Waals surface area contributed by atoms with Gasteiger partial charge in [0, 0.05) is 19.1 Å². The average Bonchev–Trinajstić information content (AvgIpc) is 3.31. The maximum Gasteiger partial charge on any atom is 0.234 e. The fourth-order valence-electron chi connectivity index (χ4n) is 2.60. The molecule has 1 unspecified atom stereocenters. The molecule has 1 aliphatic rings. The van der Waals surface area contributed by atoms with Crippen molar-refractivity contribution in [3.63, 3.8) is 0 Å². The lowest BCUT2D eigenvalue weighted by molar-refractivity contribution is -0.122. The monoisotopic (exact) mass is 291 g/mol. The molecule has 1 aromatic carbocycles. The van der Waals surface area contributed by atoms with Crippen molar-refractivity contribution in [3.05, 3.63) is 29.8 Å². The van der Waals surface area contributed by atoms with Crippen molar-refractivity contribution in [1.82, 2.24) is 10.2 Å². The van der Waals surface area contributed by atoms with Crippen LogP contribution in [0, 0.1) is 5.92 Å². The van der Waals surface area contributed by atoms with E-state index < -0.39 is 0 Å². The van der Waals surface area contributed by atoms with Gasteiger partial charge in [-0.15, -0.1) is 0 Å². The van der Waals surface area contributed by atoms with Gasteiger partial charge in [-0.3, -0.25) is 9.69 Å². The van der Waals surface area contributed by atoms with Crippen molar-refractivity contribution < 1.29 is 9.53 Å². The van der Waals surface area contributed by atoms with Gasteiger partial charge in [0.15, 0.2) is 0 Å². The largest absolute Gasteiger partial charge is 0.497 e. The second kappa shape index (κ2) is 7.43. The Bertz CT molecular complexity index is 474. The first-order valence-electron chi connectivity index (χ1n) is 7.44. The first kappa shape index (κ1) is 15.8. The predicted octanol–water partition coefficient (Wildman–Crippen LogP) is 0.981. The van der Waals surface area contributed by atoms with Crippen LogP contribution < -0.4 is 15.8 Å². The topological polar surface area (TPSA) is 67.6 Å². The van der Waals surface area contributed by atoms with Crippen LogP contribution in [-0.2, 0) is 11.3 Å². The highest BCUT2D eigenvalue weighted by molar-refractivity contribution is 5.78. The van der Waals surface area contributed by atoms with E-state index in [9.17, 15) is 4.79 Å². The molecule has 0 radical (unpaired) electrons. The molecular formula is C16H25N3O2. The van der Waals surface area contributed by atoms with Crippen LogP contribution in [0.3, 0.4) is 0 Å². The Balaban J connectivity index is 1.78. The molecule has 0 aliphatic heterocycles. The molecule has 0 heterocycles. The Morgan fingerprint density at radius 3 is 2.90 bits per heavy atom. The first-order valence-corrected chi connectivity index (χ1v) is 7.44. The number of carbonyl (C=O) groups excluding carboxylic acids is 1. The minimum Gasteiger partial charge on any atom is -0.497 e. The zero-order chi connectivity index (χ0) is 15.2. The van der Waals surface area contributed by atoms with Gasteiger partial charge in [0.1, 0.15) is 5.75 Å². The number of likely N-dealkylation sites (N-methyl/N-ethyl adjacent to an activating group) is 1. The average molecular weight is 291 g/mol. The van der Waals surface area contributed by atoms with Gasteiger partial charge in [0.25, 0.3) is 0 Å². The van der Waals surface area contributed by atoms with Crippen LogP contribution in [0.2, 0.25) is 0 Å². The van der Waals surface area contributed by atoms with Gasteiger partial charge in [-0.2, -0.15) is 0 Å². The Labute approximate surface area is 126 Å². The molecule has 0 aromatic heterocycles. The minimum absolute atomic E-state index is 0.0272. The lowest BCUT2D eigenvalue weighted by Crippen LogP contribution is -2.44. The maximum absolute atomic E-state index is 12.0. The third-order valence-corrected chi connectivity index (χ3v) is 3.99. The van der Waals surface area contributed by atoms with Gasteiger partial charge in [-0.25, -0.2) is 0 Å². The molecule has 5 nitrogen and oxygen atoms in total. The van der Waals surface area contributed by atoms with E-state index in [0.29, 0.717) is 31.6 Å². The molecule has 1 aliphatic carbocycles. The van der Waals surface area contributed by atoms with Crippen LogP contribution in [0.5, 0.6) is 5.75 Å². The molecule has 3 N–H and O–H groups in total. The summed E-state index contributed by atoms with van der Waals surface area (Å²) >= 11 is 0.